The minimum atomic E-state index is -0.676. The second-order valence-corrected chi connectivity index (χ2v) is 7.63. The van der Waals surface area contributed by atoms with Gasteiger partial charge in [0.2, 0.25) is 11.3 Å². The summed E-state index contributed by atoms with van der Waals surface area (Å²) in [6, 6.07) is 15.5. The molecule has 8 heteroatoms. The fraction of sp³-hybridized carbons (Fsp3) is 0.0833. The van der Waals surface area contributed by atoms with Gasteiger partial charge in [-0.2, -0.15) is 0 Å². The lowest BCUT2D eigenvalue weighted by Crippen LogP contribution is -2.25. The van der Waals surface area contributed by atoms with Crippen LogP contribution in [0.5, 0.6) is 0 Å². The number of rotatable bonds is 5. The molecule has 0 aliphatic rings. The molecule has 0 atom stereocenters. The van der Waals surface area contributed by atoms with E-state index >= 15 is 0 Å². The van der Waals surface area contributed by atoms with Crippen LogP contribution in [-0.2, 0) is 11.3 Å². The SMILES string of the molecule is Cc1ccc2c(=O)c(C(=O)c3ccccc3)cn(CC(=O)Nc3ccc(Cl)cc3F)c2n1. The van der Waals surface area contributed by atoms with Gasteiger partial charge in [-0.15, -0.1) is 0 Å². The number of carbonyl (C=O) groups excluding carboxylic acids is 2. The summed E-state index contributed by atoms with van der Waals surface area (Å²) in [4.78, 5) is 43.1. The average molecular weight is 450 g/mol. The Kier molecular flexibility index (Phi) is 5.83. The predicted molar refractivity (Wildman–Crippen MR) is 121 cm³/mol. The predicted octanol–water partition coefficient (Wildman–Crippen LogP) is 4.37. The van der Waals surface area contributed by atoms with Crippen molar-refractivity contribution in [2.75, 3.05) is 5.32 Å². The average Bonchev–Trinajstić information content (AvgIpc) is 2.77. The van der Waals surface area contributed by atoms with Gasteiger partial charge in [0.05, 0.1) is 16.6 Å². The lowest BCUT2D eigenvalue weighted by atomic mass is 10.0. The van der Waals surface area contributed by atoms with Gasteiger partial charge in [0.25, 0.3) is 0 Å². The largest absolute Gasteiger partial charge is 0.322 e. The van der Waals surface area contributed by atoms with Crippen LogP contribution in [0.4, 0.5) is 10.1 Å². The van der Waals surface area contributed by atoms with Crippen LogP contribution in [-0.4, -0.2) is 21.2 Å². The molecule has 0 aliphatic heterocycles. The number of ketones is 1. The summed E-state index contributed by atoms with van der Waals surface area (Å²) in [5.74, 6) is -1.70. The van der Waals surface area contributed by atoms with Gasteiger partial charge in [-0.1, -0.05) is 41.9 Å². The fourth-order valence-corrected chi connectivity index (χ4v) is 3.48. The van der Waals surface area contributed by atoms with Gasteiger partial charge >= 0.3 is 0 Å². The van der Waals surface area contributed by atoms with Crippen molar-refractivity contribution < 1.29 is 14.0 Å². The summed E-state index contributed by atoms with van der Waals surface area (Å²) in [6.45, 7) is 1.46. The molecule has 1 amide bonds. The first-order chi connectivity index (χ1) is 15.3. The summed E-state index contributed by atoms with van der Waals surface area (Å²) in [7, 11) is 0. The topological polar surface area (TPSA) is 81.1 Å². The van der Waals surface area contributed by atoms with Gasteiger partial charge in [-0.3, -0.25) is 14.4 Å². The minimum absolute atomic E-state index is 0.0329. The molecule has 2 heterocycles. The van der Waals surface area contributed by atoms with Crippen molar-refractivity contribution in [2.45, 2.75) is 13.5 Å². The quantitative estimate of drug-likeness (QED) is 0.459. The van der Waals surface area contributed by atoms with Crippen LogP contribution in [0.3, 0.4) is 0 Å². The number of halogens is 2. The maximum Gasteiger partial charge on any atom is 0.244 e. The van der Waals surface area contributed by atoms with E-state index in [0.29, 0.717) is 11.3 Å². The standard InChI is InChI=1S/C24H17ClFN3O3/c1-14-7-9-17-23(32)18(22(31)15-5-3-2-4-6-15)12-29(24(17)27-14)13-21(30)28-20-10-8-16(25)11-19(20)26/h2-12H,13H2,1H3,(H,28,30). The zero-order valence-electron chi connectivity index (χ0n) is 16.9. The van der Waals surface area contributed by atoms with Gasteiger partial charge in [0.15, 0.2) is 5.78 Å². The molecule has 6 nitrogen and oxygen atoms in total. The van der Waals surface area contributed by atoms with Crippen LogP contribution in [0.15, 0.2) is 71.7 Å². The molecule has 32 heavy (non-hydrogen) atoms. The second-order valence-electron chi connectivity index (χ2n) is 7.19. The number of benzene rings is 2. The number of amides is 1. The van der Waals surface area contributed by atoms with Gasteiger partial charge in [0.1, 0.15) is 18.0 Å². The summed E-state index contributed by atoms with van der Waals surface area (Å²) >= 11 is 5.75. The minimum Gasteiger partial charge on any atom is -0.322 e. The zero-order valence-corrected chi connectivity index (χ0v) is 17.7. The van der Waals surface area contributed by atoms with Gasteiger partial charge in [-0.25, -0.2) is 9.37 Å². The Bertz CT molecular complexity index is 1420. The lowest BCUT2D eigenvalue weighted by Gasteiger charge is -2.13. The third-order valence-electron chi connectivity index (χ3n) is 4.86. The summed E-state index contributed by atoms with van der Waals surface area (Å²) in [5.41, 5.74) is 0.655. The van der Waals surface area contributed by atoms with E-state index in [1.54, 1.807) is 49.4 Å². The summed E-state index contributed by atoms with van der Waals surface area (Å²) in [5, 5.41) is 2.89. The van der Waals surface area contributed by atoms with Gasteiger partial charge in [-0.05, 0) is 37.3 Å². The second kappa shape index (κ2) is 8.72. The lowest BCUT2D eigenvalue weighted by molar-refractivity contribution is -0.116. The fourth-order valence-electron chi connectivity index (χ4n) is 3.32. The highest BCUT2D eigenvalue weighted by Gasteiger charge is 2.19. The van der Waals surface area contributed by atoms with E-state index in [0.717, 1.165) is 6.07 Å². The molecule has 4 aromatic rings. The molecule has 0 radical (unpaired) electrons. The molecular formula is C24H17ClFN3O3. The first kappa shape index (κ1) is 21.4. The number of hydrogen-bond donors (Lipinski definition) is 1. The third-order valence-corrected chi connectivity index (χ3v) is 5.10. The van der Waals surface area contributed by atoms with Crippen molar-refractivity contribution >= 4 is 40.0 Å². The van der Waals surface area contributed by atoms with Crippen LogP contribution in [0.25, 0.3) is 11.0 Å². The van der Waals surface area contributed by atoms with E-state index in [1.807, 2.05) is 0 Å². The Morgan fingerprint density at radius 2 is 1.84 bits per heavy atom. The molecule has 0 aliphatic carbocycles. The molecule has 0 saturated carbocycles. The molecule has 2 aromatic carbocycles. The van der Waals surface area contributed by atoms with Crippen LogP contribution in [0.2, 0.25) is 5.02 Å². The highest BCUT2D eigenvalue weighted by molar-refractivity contribution is 6.30. The molecule has 0 bridgehead atoms. The number of nitrogens with one attached hydrogen (secondary N) is 1. The summed E-state index contributed by atoms with van der Waals surface area (Å²) < 4.78 is 15.5. The molecule has 1 N–H and O–H groups in total. The van der Waals surface area contributed by atoms with E-state index < -0.39 is 22.9 Å². The van der Waals surface area contributed by atoms with Crippen molar-refractivity contribution in [3.8, 4) is 0 Å². The Labute approximate surface area is 187 Å². The summed E-state index contributed by atoms with van der Waals surface area (Å²) in [6.07, 6.45) is 1.32. The number of hydrogen-bond acceptors (Lipinski definition) is 4. The highest BCUT2D eigenvalue weighted by atomic mass is 35.5. The van der Waals surface area contributed by atoms with E-state index in [1.165, 1.54) is 22.9 Å². The Morgan fingerprint density at radius 1 is 1.09 bits per heavy atom. The molecular weight excluding hydrogens is 433 g/mol. The van der Waals surface area contributed by atoms with Crippen molar-refractivity contribution in [1.82, 2.24) is 9.55 Å². The molecule has 4 rings (SSSR count). The number of aromatic nitrogens is 2. The van der Waals surface area contributed by atoms with Gasteiger partial charge in [0, 0.05) is 22.5 Å². The van der Waals surface area contributed by atoms with E-state index in [4.69, 9.17) is 11.6 Å². The number of carbonyl (C=O) groups is 2. The normalized spacial score (nSPS) is 10.8. The van der Waals surface area contributed by atoms with Crippen molar-refractivity contribution in [3.05, 3.63) is 105 Å². The number of nitrogens with zero attached hydrogens (tertiary/aromatic N) is 2. The Hall–Kier alpha value is -3.84. The number of aryl methyl sites for hydroxylation is 1. The molecule has 0 saturated heterocycles. The number of fused-ring (bicyclic) bond motifs is 1. The monoisotopic (exact) mass is 449 g/mol. The van der Waals surface area contributed by atoms with E-state index in [9.17, 15) is 18.8 Å². The Morgan fingerprint density at radius 3 is 2.56 bits per heavy atom. The highest BCUT2D eigenvalue weighted by Crippen LogP contribution is 2.19. The molecule has 0 unspecified atom stereocenters. The van der Waals surface area contributed by atoms with Crippen LogP contribution in [0.1, 0.15) is 21.6 Å². The van der Waals surface area contributed by atoms with Crippen LogP contribution < -0.4 is 10.7 Å². The molecule has 0 spiro atoms. The molecule has 0 fully saturated rings. The maximum atomic E-state index is 14.1. The van der Waals surface area contributed by atoms with Crippen molar-refractivity contribution in [2.24, 2.45) is 0 Å². The number of anilines is 1. The molecule has 160 valence electrons. The maximum absolute atomic E-state index is 14.1. The van der Waals surface area contributed by atoms with Crippen molar-refractivity contribution in [3.63, 3.8) is 0 Å². The van der Waals surface area contributed by atoms with E-state index in [2.05, 4.69) is 10.3 Å². The third kappa shape index (κ3) is 4.29. The van der Waals surface area contributed by atoms with E-state index in [-0.39, 0.29) is 33.9 Å². The first-order valence-corrected chi connectivity index (χ1v) is 10.1. The zero-order chi connectivity index (χ0) is 22.8. The number of pyridine rings is 2. The van der Waals surface area contributed by atoms with Gasteiger partial charge < -0.3 is 9.88 Å². The molecule has 2 aromatic heterocycles. The smallest absolute Gasteiger partial charge is 0.244 e. The van der Waals surface area contributed by atoms with Crippen LogP contribution >= 0.6 is 11.6 Å². The first-order valence-electron chi connectivity index (χ1n) is 9.69. The Balaban J connectivity index is 1.76. The van der Waals surface area contributed by atoms with Crippen molar-refractivity contribution in [1.29, 1.82) is 0 Å². The van der Waals surface area contributed by atoms with Crippen LogP contribution in [0, 0.1) is 12.7 Å².